The first-order chi connectivity index (χ1) is 14.5. The van der Waals surface area contributed by atoms with Crippen molar-refractivity contribution in [2.24, 2.45) is 5.73 Å². The number of nitrogens with zero attached hydrogens (tertiary/aromatic N) is 1. The summed E-state index contributed by atoms with van der Waals surface area (Å²) < 4.78 is 83.1. The summed E-state index contributed by atoms with van der Waals surface area (Å²) in [6.45, 7) is -0.287. The maximum atomic E-state index is 13.9. The maximum absolute atomic E-state index is 13.9. The van der Waals surface area contributed by atoms with Crippen molar-refractivity contribution in [3.05, 3.63) is 72.2 Å². The second-order valence-corrected chi connectivity index (χ2v) is 9.02. The zero-order chi connectivity index (χ0) is 22.9. The van der Waals surface area contributed by atoms with E-state index in [-0.39, 0.29) is 36.0 Å². The van der Waals surface area contributed by atoms with E-state index >= 15 is 0 Å². The molecule has 0 aliphatic carbocycles. The summed E-state index contributed by atoms with van der Waals surface area (Å²) >= 11 is 0. The van der Waals surface area contributed by atoms with E-state index < -0.39 is 31.7 Å². The normalized spacial score (nSPS) is 19.2. The van der Waals surface area contributed by atoms with E-state index in [1.807, 2.05) is 0 Å². The predicted molar refractivity (Wildman–Crippen MR) is 110 cm³/mol. The molecule has 4 N–H and O–H groups in total. The third-order valence-electron chi connectivity index (χ3n) is 4.62. The van der Waals surface area contributed by atoms with Crippen molar-refractivity contribution in [2.75, 3.05) is 24.6 Å². The molecule has 1 heterocycles. The number of anilines is 1. The number of nitrogen functional groups attached to an aromatic ring is 1. The van der Waals surface area contributed by atoms with Gasteiger partial charge < -0.3 is 16.2 Å². The number of rotatable bonds is 6. The zero-order valence-corrected chi connectivity index (χ0v) is 17.0. The maximum Gasteiger partial charge on any atom is 0.408 e. The molecule has 0 radical (unpaired) electrons. The van der Waals surface area contributed by atoms with E-state index in [0.29, 0.717) is 5.57 Å². The lowest BCUT2D eigenvalue weighted by molar-refractivity contribution is -0.106. The van der Waals surface area contributed by atoms with Crippen molar-refractivity contribution in [2.45, 2.75) is 6.18 Å². The number of hydrogen-bond donors (Lipinski definition) is 2. The Morgan fingerprint density at radius 3 is 2.35 bits per heavy atom. The summed E-state index contributed by atoms with van der Waals surface area (Å²) in [6.07, 6.45) is -0.681. The van der Waals surface area contributed by atoms with E-state index in [4.69, 9.17) is 16.2 Å². The molecule has 2 aromatic rings. The van der Waals surface area contributed by atoms with E-state index in [2.05, 4.69) is 0 Å². The third-order valence-corrected chi connectivity index (χ3v) is 6.77. The quantitative estimate of drug-likeness (QED) is 0.390. The average molecular weight is 458 g/mol. The third kappa shape index (κ3) is 4.89. The summed E-state index contributed by atoms with van der Waals surface area (Å²) in [7, 11) is -4.77. The molecule has 0 saturated carbocycles. The molecule has 6 nitrogen and oxygen atoms in total. The van der Waals surface area contributed by atoms with Crippen LogP contribution in [0.15, 0.2) is 66.4 Å². The van der Waals surface area contributed by atoms with Crippen molar-refractivity contribution in [3.8, 4) is 11.5 Å². The molecule has 0 saturated heterocycles. The van der Waals surface area contributed by atoms with Crippen LogP contribution < -0.4 is 20.1 Å². The molecule has 3 rings (SSSR count). The fraction of sp³-hybridized carbons (Fsp3) is 0.200. The van der Waals surface area contributed by atoms with E-state index in [9.17, 15) is 26.0 Å². The predicted octanol–water partition coefficient (Wildman–Crippen LogP) is 3.81. The number of nitrogens with two attached hydrogens (primary N) is 2. The molecular weight excluding hydrogens is 438 g/mol. The van der Waals surface area contributed by atoms with Gasteiger partial charge in [-0.1, -0.05) is 6.08 Å². The Labute approximate surface area is 176 Å². The fourth-order valence-electron chi connectivity index (χ4n) is 3.19. The Hall–Kier alpha value is -2.89. The molecule has 166 valence electrons. The molecule has 0 amide bonds. The molecule has 11 heteroatoms. The van der Waals surface area contributed by atoms with Gasteiger partial charge in [0.2, 0.25) is 0 Å². The highest BCUT2D eigenvalue weighted by molar-refractivity contribution is 7.91. The van der Waals surface area contributed by atoms with Gasteiger partial charge in [-0.3, -0.25) is 0 Å². The first-order valence-corrected chi connectivity index (χ1v) is 10.7. The Balaban J connectivity index is 2.01. The molecular formula is C20H20F4N3O3S+. The highest BCUT2D eigenvalue weighted by Gasteiger charge is 2.50. The minimum atomic E-state index is -4.92. The van der Waals surface area contributed by atoms with E-state index in [1.165, 1.54) is 48.7 Å². The highest BCUT2D eigenvalue weighted by Crippen LogP contribution is 2.37. The van der Waals surface area contributed by atoms with E-state index in [0.717, 1.165) is 6.07 Å². The van der Waals surface area contributed by atoms with Gasteiger partial charge in [0.25, 0.3) is 0 Å². The number of ether oxygens (including phenoxy) is 1. The smallest absolute Gasteiger partial charge is 0.408 e. The van der Waals surface area contributed by atoms with Crippen molar-refractivity contribution in [3.63, 3.8) is 0 Å². The largest absolute Gasteiger partial charge is 0.454 e. The van der Waals surface area contributed by atoms with Gasteiger partial charge in [-0.25, -0.2) is 4.39 Å². The lowest BCUT2D eigenvalue weighted by atomic mass is 10.2. The summed E-state index contributed by atoms with van der Waals surface area (Å²) in [5.74, 6) is -2.65. The number of halogens is 4. The first-order valence-electron chi connectivity index (χ1n) is 9.05. The van der Waals surface area contributed by atoms with Crippen LogP contribution in [0.1, 0.15) is 0 Å². The standard InChI is InChI=1S/C20H20F4N3O3S/c21-18-10-15(26)3-8-19(18)30-17-6-4-16(5-7-17)27(9-1-2-14(11-25)12-27)31(28,29)13-20(22,23)24/h1-8,10,12H,9,11,13,25-26H2/q+1. The van der Waals surface area contributed by atoms with Gasteiger partial charge in [-0.2, -0.15) is 25.5 Å². The lowest BCUT2D eigenvalue weighted by Crippen LogP contribution is -2.54. The van der Waals surface area contributed by atoms with Crippen molar-refractivity contribution < 1.29 is 30.7 Å². The van der Waals surface area contributed by atoms with E-state index in [1.54, 1.807) is 6.08 Å². The topological polar surface area (TPSA) is 95.4 Å². The second-order valence-electron chi connectivity index (χ2n) is 6.92. The second kappa shape index (κ2) is 8.33. The van der Waals surface area contributed by atoms with Gasteiger partial charge in [0.1, 0.15) is 18.5 Å². The minimum absolute atomic E-state index is 0.0460. The van der Waals surface area contributed by atoms with Crippen molar-refractivity contribution >= 4 is 21.4 Å². The summed E-state index contributed by atoms with van der Waals surface area (Å²) in [5, 5.41) is 0. The van der Waals surface area contributed by atoms with Crippen molar-refractivity contribution in [1.82, 2.24) is 3.89 Å². The van der Waals surface area contributed by atoms with Crippen molar-refractivity contribution in [1.29, 1.82) is 0 Å². The average Bonchev–Trinajstić information content (AvgIpc) is 2.68. The Morgan fingerprint density at radius 1 is 1.10 bits per heavy atom. The SMILES string of the molecule is NCC1=C[N+](c2ccc(Oc3ccc(N)cc3F)cc2)(S(=O)(=O)CC(F)(F)F)CC=C1. The molecule has 1 atom stereocenters. The van der Waals surface area contributed by atoms with Crippen LogP contribution >= 0.6 is 0 Å². The molecule has 1 aliphatic heterocycles. The molecule has 2 aromatic carbocycles. The van der Waals surface area contributed by atoms with Crippen LogP contribution in [0.3, 0.4) is 0 Å². The summed E-state index contributed by atoms with van der Waals surface area (Å²) in [4.78, 5) is 0. The molecule has 1 aliphatic rings. The molecule has 1 unspecified atom stereocenters. The monoisotopic (exact) mass is 458 g/mol. The van der Waals surface area contributed by atoms with Crippen LogP contribution in [0.2, 0.25) is 0 Å². The van der Waals surface area contributed by atoms with Gasteiger partial charge in [0.15, 0.2) is 23.0 Å². The van der Waals surface area contributed by atoms with Crippen LogP contribution in [-0.4, -0.2) is 33.4 Å². The Kier molecular flexibility index (Phi) is 6.12. The fourth-order valence-corrected chi connectivity index (χ4v) is 4.89. The number of quaternary nitrogens is 1. The molecule has 0 aromatic heterocycles. The summed E-state index contributed by atoms with van der Waals surface area (Å²) in [6, 6.07) is 9.18. The number of benzene rings is 2. The van der Waals surface area contributed by atoms with Crippen LogP contribution in [0.25, 0.3) is 0 Å². The first kappa shape index (κ1) is 22.8. The van der Waals surface area contributed by atoms with Crippen LogP contribution in [0.4, 0.5) is 28.9 Å². The van der Waals surface area contributed by atoms with Gasteiger partial charge in [-0.05, 0) is 30.3 Å². The van der Waals surface area contributed by atoms with Crippen LogP contribution in [0.5, 0.6) is 11.5 Å². The van der Waals surface area contributed by atoms with Gasteiger partial charge in [0, 0.05) is 36.0 Å². The molecule has 0 bridgehead atoms. The Bertz CT molecular complexity index is 1130. The number of hydrogen-bond acceptors (Lipinski definition) is 5. The van der Waals surface area contributed by atoms with Crippen LogP contribution in [0, 0.1) is 5.82 Å². The van der Waals surface area contributed by atoms with Gasteiger partial charge in [-0.15, -0.1) is 0 Å². The highest BCUT2D eigenvalue weighted by atomic mass is 32.2. The lowest BCUT2D eigenvalue weighted by Gasteiger charge is -2.34. The molecule has 0 fully saturated rings. The number of sulfonamides is 1. The van der Waals surface area contributed by atoms with Gasteiger partial charge >= 0.3 is 16.2 Å². The minimum Gasteiger partial charge on any atom is -0.454 e. The zero-order valence-electron chi connectivity index (χ0n) is 16.1. The van der Waals surface area contributed by atoms with Crippen LogP contribution in [-0.2, 0) is 10.0 Å². The summed E-state index contributed by atoms with van der Waals surface area (Å²) in [5.41, 5.74) is 11.7. The van der Waals surface area contributed by atoms with Gasteiger partial charge in [0.05, 0.1) is 0 Å². The Morgan fingerprint density at radius 2 is 1.77 bits per heavy atom. The molecule has 0 spiro atoms. The number of alkyl halides is 3. The molecule has 31 heavy (non-hydrogen) atoms.